The number of hydrogen-bond acceptors (Lipinski definition) is 4. The largest absolute Gasteiger partial charge is 0.397 e. The van der Waals surface area contributed by atoms with Gasteiger partial charge in [0.15, 0.2) is 5.52 Å². The molecule has 0 spiro atoms. The molecule has 0 saturated heterocycles. The third-order valence-electron chi connectivity index (χ3n) is 1.65. The predicted molar refractivity (Wildman–Crippen MR) is 41.0 cm³/mol. The predicted octanol–water partition coefficient (Wildman–Crippen LogP) is 1.11. The number of aromatic nitrogens is 2. The Morgan fingerprint density at radius 2 is 2.00 bits per heavy atom. The van der Waals surface area contributed by atoms with E-state index in [0.717, 1.165) is 11.1 Å². The van der Waals surface area contributed by atoms with Gasteiger partial charge in [0.1, 0.15) is 5.52 Å². The molecular formula is C7H7N3O. The molecule has 0 radical (unpaired) electrons. The molecule has 2 rings (SSSR count). The van der Waals surface area contributed by atoms with Gasteiger partial charge in [0.05, 0.1) is 5.69 Å². The fraction of sp³-hybridized carbons (Fsp3) is 0.143. The van der Waals surface area contributed by atoms with Crippen molar-refractivity contribution in [3.63, 3.8) is 0 Å². The van der Waals surface area contributed by atoms with Crippen LogP contribution in [0.15, 0.2) is 16.8 Å². The molecule has 0 bridgehead atoms. The second kappa shape index (κ2) is 1.95. The molecule has 11 heavy (non-hydrogen) atoms. The van der Waals surface area contributed by atoms with Crippen LogP contribution in [0.2, 0.25) is 0 Å². The minimum absolute atomic E-state index is 0.604. The number of rotatable bonds is 0. The van der Waals surface area contributed by atoms with E-state index < -0.39 is 0 Å². The van der Waals surface area contributed by atoms with E-state index in [9.17, 15) is 0 Å². The first-order valence-electron chi connectivity index (χ1n) is 3.26. The van der Waals surface area contributed by atoms with Crippen molar-refractivity contribution in [3.05, 3.63) is 17.7 Å². The fourth-order valence-corrected chi connectivity index (χ4v) is 1.01. The Kier molecular flexibility index (Phi) is 1.09. The summed E-state index contributed by atoms with van der Waals surface area (Å²) in [5.74, 6) is 0. The van der Waals surface area contributed by atoms with Crippen LogP contribution in [0.3, 0.4) is 0 Å². The van der Waals surface area contributed by atoms with Gasteiger partial charge in [-0.1, -0.05) is 6.07 Å². The lowest BCUT2D eigenvalue weighted by Gasteiger charge is -1.93. The van der Waals surface area contributed by atoms with Gasteiger partial charge in [0.25, 0.3) is 0 Å². The van der Waals surface area contributed by atoms with Crippen molar-refractivity contribution >= 4 is 16.7 Å². The number of anilines is 1. The average Bonchev–Trinajstić information content (AvgIpc) is 2.45. The smallest absolute Gasteiger partial charge is 0.158 e. The number of nitrogens with zero attached hydrogens (tertiary/aromatic N) is 2. The van der Waals surface area contributed by atoms with Crippen molar-refractivity contribution in [3.8, 4) is 0 Å². The Bertz CT molecular complexity index is 357. The molecule has 2 N–H and O–H groups in total. The molecule has 1 heterocycles. The molecule has 0 aliphatic carbocycles. The third-order valence-corrected chi connectivity index (χ3v) is 1.65. The molecule has 0 aliphatic rings. The van der Waals surface area contributed by atoms with E-state index in [1.54, 1.807) is 6.07 Å². The first kappa shape index (κ1) is 6.15. The van der Waals surface area contributed by atoms with E-state index in [1.165, 1.54) is 0 Å². The van der Waals surface area contributed by atoms with Gasteiger partial charge in [-0.2, -0.15) is 0 Å². The van der Waals surface area contributed by atoms with E-state index in [2.05, 4.69) is 14.9 Å². The third kappa shape index (κ3) is 0.756. The molecule has 0 unspecified atom stereocenters. The molecule has 0 atom stereocenters. The molecule has 2 aromatic rings. The zero-order chi connectivity index (χ0) is 7.84. The van der Waals surface area contributed by atoms with Crippen molar-refractivity contribution < 1.29 is 4.63 Å². The van der Waals surface area contributed by atoms with Crippen molar-refractivity contribution in [2.75, 3.05) is 5.73 Å². The number of benzene rings is 1. The molecule has 1 aromatic carbocycles. The van der Waals surface area contributed by atoms with Gasteiger partial charge < -0.3 is 5.73 Å². The lowest BCUT2D eigenvalue weighted by Crippen LogP contribution is -1.87. The Labute approximate surface area is 63.0 Å². The summed E-state index contributed by atoms with van der Waals surface area (Å²) in [6.07, 6.45) is 0. The maximum Gasteiger partial charge on any atom is 0.158 e. The first-order valence-corrected chi connectivity index (χ1v) is 3.26. The van der Waals surface area contributed by atoms with Crippen LogP contribution >= 0.6 is 0 Å². The highest BCUT2D eigenvalue weighted by Crippen LogP contribution is 2.19. The van der Waals surface area contributed by atoms with Gasteiger partial charge in [-0.05, 0) is 28.9 Å². The van der Waals surface area contributed by atoms with Crippen LogP contribution in [-0.2, 0) is 0 Å². The monoisotopic (exact) mass is 149 g/mol. The fourth-order valence-electron chi connectivity index (χ4n) is 1.01. The summed E-state index contributed by atoms with van der Waals surface area (Å²) in [5.41, 5.74) is 8.62. The van der Waals surface area contributed by atoms with E-state index in [4.69, 9.17) is 5.73 Å². The summed E-state index contributed by atoms with van der Waals surface area (Å²) in [5, 5.41) is 7.38. The Balaban J connectivity index is 2.96. The summed E-state index contributed by atoms with van der Waals surface area (Å²) in [6, 6.07) is 3.68. The minimum atomic E-state index is 0.604. The van der Waals surface area contributed by atoms with Crippen molar-refractivity contribution in [1.82, 2.24) is 10.3 Å². The Hall–Kier alpha value is -1.58. The zero-order valence-electron chi connectivity index (χ0n) is 6.03. The minimum Gasteiger partial charge on any atom is -0.397 e. The van der Waals surface area contributed by atoms with Crippen LogP contribution < -0.4 is 5.73 Å². The van der Waals surface area contributed by atoms with Crippen molar-refractivity contribution in [2.45, 2.75) is 6.92 Å². The second-order valence-corrected chi connectivity index (χ2v) is 2.43. The summed E-state index contributed by atoms with van der Waals surface area (Å²) in [7, 11) is 0. The number of hydrogen-bond donors (Lipinski definition) is 1. The molecular weight excluding hydrogens is 142 g/mol. The van der Waals surface area contributed by atoms with Crippen LogP contribution in [-0.4, -0.2) is 10.3 Å². The molecule has 1 aromatic heterocycles. The van der Waals surface area contributed by atoms with Crippen molar-refractivity contribution in [2.24, 2.45) is 0 Å². The van der Waals surface area contributed by atoms with E-state index >= 15 is 0 Å². The molecule has 4 heteroatoms. The number of nitrogen functional groups attached to an aromatic ring is 1. The Morgan fingerprint density at radius 3 is 2.73 bits per heavy atom. The van der Waals surface area contributed by atoms with E-state index in [1.807, 2.05) is 13.0 Å². The molecule has 0 saturated carbocycles. The molecule has 0 aliphatic heterocycles. The van der Waals surface area contributed by atoms with Gasteiger partial charge in [-0.15, -0.1) is 0 Å². The highest BCUT2D eigenvalue weighted by molar-refractivity contribution is 5.87. The lowest BCUT2D eigenvalue weighted by atomic mass is 10.2. The molecule has 56 valence electrons. The van der Waals surface area contributed by atoms with Crippen LogP contribution in [0, 0.1) is 6.92 Å². The second-order valence-electron chi connectivity index (χ2n) is 2.43. The van der Waals surface area contributed by atoms with Gasteiger partial charge in [0, 0.05) is 0 Å². The maximum atomic E-state index is 5.61. The lowest BCUT2D eigenvalue weighted by molar-refractivity contribution is 0.315. The summed E-state index contributed by atoms with van der Waals surface area (Å²) in [6.45, 7) is 1.94. The van der Waals surface area contributed by atoms with Gasteiger partial charge in [-0.25, -0.2) is 4.63 Å². The molecule has 4 nitrogen and oxygen atoms in total. The van der Waals surface area contributed by atoms with E-state index in [0.29, 0.717) is 11.2 Å². The molecule has 0 fully saturated rings. The normalized spacial score (nSPS) is 10.6. The number of fused-ring (bicyclic) bond motifs is 1. The van der Waals surface area contributed by atoms with Gasteiger partial charge >= 0.3 is 0 Å². The van der Waals surface area contributed by atoms with Crippen LogP contribution in [0.4, 0.5) is 5.69 Å². The summed E-state index contributed by atoms with van der Waals surface area (Å²) in [4.78, 5) is 0. The maximum absolute atomic E-state index is 5.61. The number of aryl methyl sites for hydroxylation is 1. The highest BCUT2D eigenvalue weighted by Gasteiger charge is 2.05. The average molecular weight is 149 g/mol. The van der Waals surface area contributed by atoms with Crippen molar-refractivity contribution in [1.29, 1.82) is 0 Å². The van der Waals surface area contributed by atoms with E-state index in [-0.39, 0.29) is 0 Å². The summed E-state index contributed by atoms with van der Waals surface area (Å²) < 4.78 is 4.55. The quantitative estimate of drug-likeness (QED) is 0.570. The zero-order valence-corrected chi connectivity index (χ0v) is 6.03. The first-order chi connectivity index (χ1) is 5.29. The topological polar surface area (TPSA) is 64.9 Å². The SMILES string of the molecule is Cc1ccc(N)c2nonc12. The van der Waals surface area contributed by atoms with Crippen LogP contribution in [0.25, 0.3) is 11.0 Å². The van der Waals surface area contributed by atoms with Crippen LogP contribution in [0.1, 0.15) is 5.56 Å². The highest BCUT2D eigenvalue weighted by atomic mass is 16.6. The summed E-state index contributed by atoms with van der Waals surface area (Å²) >= 11 is 0. The standard InChI is InChI=1S/C7H7N3O/c1-4-2-3-5(8)7-6(4)9-11-10-7/h2-3H,8H2,1H3. The van der Waals surface area contributed by atoms with Gasteiger partial charge in [0.2, 0.25) is 0 Å². The van der Waals surface area contributed by atoms with Gasteiger partial charge in [-0.3, -0.25) is 0 Å². The van der Waals surface area contributed by atoms with Crippen LogP contribution in [0.5, 0.6) is 0 Å². The number of nitrogens with two attached hydrogens (primary N) is 1. The Morgan fingerprint density at radius 1 is 1.27 bits per heavy atom. The molecule has 0 amide bonds.